The number of aromatic amines is 1. The third kappa shape index (κ3) is 3.23. The Morgan fingerprint density at radius 2 is 1.89 bits per heavy atom. The van der Waals surface area contributed by atoms with E-state index in [2.05, 4.69) is 50.5 Å². The molecule has 6 rings (SSSR count). The molecule has 1 N–H and O–H groups in total. The number of thioether (sulfide) groups is 1. The van der Waals surface area contributed by atoms with Gasteiger partial charge in [-0.15, -0.1) is 10.2 Å². The van der Waals surface area contributed by atoms with E-state index in [0.29, 0.717) is 11.6 Å². The summed E-state index contributed by atoms with van der Waals surface area (Å²) in [5.41, 5.74) is 1.99. The van der Waals surface area contributed by atoms with E-state index in [0.717, 1.165) is 47.8 Å². The van der Waals surface area contributed by atoms with Crippen molar-refractivity contribution in [3.63, 3.8) is 0 Å². The topological polar surface area (TPSA) is 93.1 Å². The van der Waals surface area contributed by atoms with Gasteiger partial charge in [-0.25, -0.2) is 23.7 Å². The van der Waals surface area contributed by atoms with E-state index in [1.54, 1.807) is 18.0 Å². The normalized spacial score (nSPS) is 21.6. The van der Waals surface area contributed by atoms with Gasteiger partial charge in [-0.2, -0.15) is 16.9 Å². The number of nitrogens with zero attached hydrogens (tertiary/aromatic N) is 6. The van der Waals surface area contributed by atoms with Crippen LogP contribution in [-0.4, -0.2) is 47.4 Å². The van der Waals surface area contributed by atoms with Crippen LogP contribution in [0.4, 0.5) is 8.78 Å². The lowest BCUT2D eigenvalue weighted by molar-refractivity contribution is 0.243. The molecule has 184 valence electrons. The third-order valence-corrected chi connectivity index (χ3v) is 8.58. The van der Waals surface area contributed by atoms with Gasteiger partial charge in [0.1, 0.15) is 17.5 Å². The van der Waals surface area contributed by atoms with Gasteiger partial charge in [-0.05, 0) is 60.3 Å². The largest absolute Gasteiger partial charge is 0.263 e. The minimum Gasteiger partial charge on any atom is -0.263 e. The smallest absolute Gasteiger partial charge is 0.218 e. The zero-order chi connectivity index (χ0) is 25.1. The maximum atomic E-state index is 14.5. The Kier molecular flexibility index (Phi) is 5.40. The van der Waals surface area contributed by atoms with E-state index in [-0.39, 0.29) is 22.6 Å². The molecule has 3 aromatic heterocycles. The highest BCUT2D eigenvalue weighted by molar-refractivity contribution is 7.98. The third-order valence-electron chi connectivity index (χ3n) is 7.97. The number of rotatable bonds is 6. The van der Waals surface area contributed by atoms with Crippen LogP contribution >= 0.6 is 11.8 Å². The van der Waals surface area contributed by atoms with Crippen molar-refractivity contribution >= 4 is 11.8 Å². The standard InChI is InChI=1S/C26H25F2N7S/c1-25(2)15-7-10-26(25,19-8-11-29-23(30-19)24-31-20(33-35-24)9-12-36-3)22-14(15)13-18(32-34-22)21-16(27)5-4-6-17(21)28/h4-6,8,11,13,15H,7,9-10,12H2,1-3H3,(H,31,33,35)/t15-,26+/m0/s1. The minimum absolute atomic E-state index is 0.145. The number of fused-ring (bicyclic) bond motifs is 5. The van der Waals surface area contributed by atoms with Crippen LogP contribution in [-0.2, 0) is 11.8 Å². The first-order chi connectivity index (χ1) is 17.4. The molecular weight excluding hydrogens is 480 g/mol. The van der Waals surface area contributed by atoms with E-state index in [4.69, 9.17) is 4.98 Å². The van der Waals surface area contributed by atoms with Crippen LogP contribution in [0.5, 0.6) is 0 Å². The summed E-state index contributed by atoms with van der Waals surface area (Å²) in [5, 5.41) is 16.2. The molecule has 3 heterocycles. The van der Waals surface area contributed by atoms with Crippen molar-refractivity contribution in [1.29, 1.82) is 0 Å². The monoisotopic (exact) mass is 505 g/mol. The van der Waals surface area contributed by atoms with E-state index in [1.165, 1.54) is 18.2 Å². The summed E-state index contributed by atoms with van der Waals surface area (Å²) in [6.45, 7) is 4.43. The predicted molar refractivity (Wildman–Crippen MR) is 133 cm³/mol. The number of halogens is 2. The van der Waals surface area contributed by atoms with E-state index in [1.807, 2.05) is 12.1 Å². The van der Waals surface area contributed by atoms with Crippen molar-refractivity contribution in [3.05, 3.63) is 70.9 Å². The molecule has 2 bridgehead atoms. The molecule has 2 aliphatic carbocycles. The lowest BCUT2D eigenvalue weighted by atomic mass is 9.66. The molecule has 7 nitrogen and oxygen atoms in total. The molecule has 36 heavy (non-hydrogen) atoms. The van der Waals surface area contributed by atoms with Crippen LogP contribution in [0, 0.1) is 17.0 Å². The number of aromatic nitrogens is 7. The maximum absolute atomic E-state index is 14.5. The average molecular weight is 506 g/mol. The summed E-state index contributed by atoms with van der Waals surface area (Å²) in [4.78, 5) is 14.0. The van der Waals surface area contributed by atoms with Gasteiger partial charge in [-0.3, -0.25) is 5.10 Å². The molecule has 1 fully saturated rings. The Bertz CT molecular complexity index is 1450. The van der Waals surface area contributed by atoms with Crippen LogP contribution in [0.3, 0.4) is 0 Å². The van der Waals surface area contributed by atoms with Gasteiger partial charge < -0.3 is 0 Å². The summed E-state index contributed by atoms with van der Waals surface area (Å²) in [6, 6.07) is 7.57. The highest BCUT2D eigenvalue weighted by atomic mass is 32.2. The molecule has 0 spiro atoms. The molecular formula is C26H25F2N7S. The Morgan fingerprint density at radius 1 is 1.08 bits per heavy atom. The van der Waals surface area contributed by atoms with Gasteiger partial charge in [0.2, 0.25) is 5.82 Å². The Hall–Kier alpha value is -3.27. The fourth-order valence-corrected chi connectivity index (χ4v) is 6.56. The van der Waals surface area contributed by atoms with Gasteiger partial charge in [0.25, 0.3) is 0 Å². The Balaban J connectivity index is 1.45. The summed E-state index contributed by atoms with van der Waals surface area (Å²) < 4.78 is 29.0. The van der Waals surface area contributed by atoms with Crippen LogP contribution in [0.2, 0.25) is 0 Å². The first-order valence-corrected chi connectivity index (χ1v) is 13.3. The number of H-pyrrole nitrogens is 1. The molecule has 1 aromatic carbocycles. The summed E-state index contributed by atoms with van der Waals surface area (Å²) >= 11 is 1.75. The lowest BCUT2D eigenvalue weighted by Crippen LogP contribution is -2.38. The number of hydrogen-bond acceptors (Lipinski definition) is 7. The van der Waals surface area contributed by atoms with Crippen molar-refractivity contribution in [3.8, 4) is 22.9 Å². The molecule has 0 saturated heterocycles. The average Bonchev–Trinajstić information content (AvgIpc) is 3.50. The fraction of sp³-hybridized carbons (Fsp3) is 0.385. The van der Waals surface area contributed by atoms with Gasteiger partial charge in [-0.1, -0.05) is 19.9 Å². The second kappa shape index (κ2) is 8.40. The molecule has 0 amide bonds. The van der Waals surface area contributed by atoms with Gasteiger partial charge in [0.05, 0.1) is 28.1 Å². The van der Waals surface area contributed by atoms with Crippen molar-refractivity contribution < 1.29 is 8.78 Å². The highest BCUT2D eigenvalue weighted by Crippen LogP contribution is 2.69. The molecule has 0 radical (unpaired) electrons. The zero-order valence-corrected chi connectivity index (χ0v) is 21.0. The summed E-state index contributed by atoms with van der Waals surface area (Å²) in [5.74, 6) is 1.54. The van der Waals surface area contributed by atoms with E-state index in [9.17, 15) is 8.78 Å². The zero-order valence-electron chi connectivity index (χ0n) is 20.2. The summed E-state index contributed by atoms with van der Waals surface area (Å²) in [7, 11) is 0. The number of benzene rings is 1. The number of aryl methyl sites for hydroxylation is 1. The van der Waals surface area contributed by atoms with Gasteiger partial charge in [0, 0.05) is 18.4 Å². The lowest BCUT2D eigenvalue weighted by Gasteiger charge is -2.37. The summed E-state index contributed by atoms with van der Waals surface area (Å²) in [6.07, 6.45) is 6.35. The van der Waals surface area contributed by atoms with Gasteiger partial charge in [0.15, 0.2) is 5.82 Å². The fourth-order valence-electron chi connectivity index (χ4n) is 6.17. The molecule has 0 aliphatic heterocycles. The molecule has 2 aliphatic rings. The predicted octanol–water partition coefficient (Wildman–Crippen LogP) is 5.11. The Labute approximate surface area is 211 Å². The minimum atomic E-state index is -0.648. The quantitative estimate of drug-likeness (QED) is 0.389. The molecule has 1 saturated carbocycles. The maximum Gasteiger partial charge on any atom is 0.218 e. The Morgan fingerprint density at radius 3 is 2.67 bits per heavy atom. The van der Waals surface area contributed by atoms with Crippen molar-refractivity contribution in [2.75, 3.05) is 12.0 Å². The first kappa shape index (κ1) is 23.1. The van der Waals surface area contributed by atoms with Crippen LogP contribution in [0.1, 0.15) is 55.4 Å². The number of nitrogens with one attached hydrogen (secondary N) is 1. The number of hydrogen-bond donors (Lipinski definition) is 1. The SMILES string of the molecule is CSCCc1nc(-c2nccc([C@]34CC[C@@H](c5cc(-c6c(F)cccc6F)nnc53)C4(C)C)n2)n[nH]1. The molecule has 10 heteroatoms. The van der Waals surface area contributed by atoms with Crippen molar-refractivity contribution in [2.45, 2.75) is 44.4 Å². The van der Waals surface area contributed by atoms with Crippen molar-refractivity contribution in [2.24, 2.45) is 5.41 Å². The molecule has 4 aromatic rings. The second-order valence-corrected chi connectivity index (χ2v) is 10.9. The van der Waals surface area contributed by atoms with Crippen LogP contribution < -0.4 is 0 Å². The van der Waals surface area contributed by atoms with E-state index < -0.39 is 17.0 Å². The second-order valence-electron chi connectivity index (χ2n) is 9.96. The highest BCUT2D eigenvalue weighted by Gasteiger charge is 2.65. The molecule has 0 unspecified atom stereocenters. The van der Waals surface area contributed by atoms with Crippen LogP contribution in [0.25, 0.3) is 22.9 Å². The van der Waals surface area contributed by atoms with E-state index >= 15 is 0 Å². The molecule has 2 atom stereocenters. The first-order valence-electron chi connectivity index (χ1n) is 11.9. The van der Waals surface area contributed by atoms with Gasteiger partial charge >= 0.3 is 0 Å². The van der Waals surface area contributed by atoms with Crippen LogP contribution in [0.15, 0.2) is 36.5 Å². The van der Waals surface area contributed by atoms with Crippen molar-refractivity contribution in [1.82, 2.24) is 35.3 Å².